The molecule has 0 fully saturated rings. The number of primary amides is 1. The van der Waals surface area contributed by atoms with Crippen LogP contribution in [-0.2, 0) is 16.0 Å². The molecule has 7 heteroatoms. The summed E-state index contributed by atoms with van der Waals surface area (Å²) in [5, 5.41) is 4.86. The maximum Gasteiger partial charge on any atom is 0.405 e. The molecule has 0 aliphatic heterocycles. The fourth-order valence-electron chi connectivity index (χ4n) is 3.47. The van der Waals surface area contributed by atoms with Gasteiger partial charge >= 0.3 is 6.09 Å². The van der Waals surface area contributed by atoms with Crippen molar-refractivity contribution in [1.29, 1.82) is 0 Å². The number of pyridine rings is 1. The van der Waals surface area contributed by atoms with Crippen LogP contribution in [-0.4, -0.2) is 22.6 Å². The molecular formula is C24H27N3O3S. The lowest BCUT2D eigenvalue weighted by atomic mass is 9.88. The number of anilines is 1. The highest BCUT2D eigenvalue weighted by atomic mass is 32.1. The standard InChI is InChI=1S/C24H27N3O3S/c1-4-5-16-6-8-17(9-7-16)19(10-12-24(2,3)30-23(25)29)22(28)27-21-14-18-11-13-26-15-20(18)31-21/h4,6-9,11,13-15,19H,1,5,10,12H2,2-3H3,(H2,25,29)(H,27,28). The van der Waals surface area contributed by atoms with E-state index in [2.05, 4.69) is 16.9 Å². The maximum absolute atomic E-state index is 13.3. The zero-order valence-corrected chi connectivity index (χ0v) is 18.6. The minimum Gasteiger partial charge on any atom is -0.444 e. The van der Waals surface area contributed by atoms with Crippen LogP contribution in [0.3, 0.4) is 0 Å². The molecule has 162 valence electrons. The number of nitrogens with two attached hydrogens (primary N) is 1. The number of aromatic nitrogens is 1. The number of nitrogens with one attached hydrogen (secondary N) is 1. The largest absolute Gasteiger partial charge is 0.444 e. The first-order chi connectivity index (χ1) is 14.8. The number of hydrogen-bond donors (Lipinski definition) is 2. The van der Waals surface area contributed by atoms with E-state index in [1.807, 2.05) is 42.5 Å². The Balaban J connectivity index is 1.81. The molecule has 3 rings (SSSR count). The summed E-state index contributed by atoms with van der Waals surface area (Å²) in [6.07, 6.45) is 6.30. The van der Waals surface area contributed by atoms with E-state index in [1.165, 1.54) is 11.3 Å². The zero-order valence-electron chi connectivity index (χ0n) is 17.8. The predicted molar refractivity (Wildman–Crippen MR) is 125 cm³/mol. The van der Waals surface area contributed by atoms with E-state index in [0.29, 0.717) is 12.8 Å². The Hall–Kier alpha value is -3.19. The second kappa shape index (κ2) is 9.75. The van der Waals surface area contributed by atoms with Crippen molar-refractivity contribution in [2.75, 3.05) is 5.32 Å². The normalized spacial score (nSPS) is 12.3. The first-order valence-corrected chi connectivity index (χ1v) is 10.9. The Morgan fingerprint density at radius 2 is 2.03 bits per heavy atom. The zero-order chi connectivity index (χ0) is 22.4. The van der Waals surface area contributed by atoms with Crippen molar-refractivity contribution >= 4 is 38.4 Å². The van der Waals surface area contributed by atoms with Gasteiger partial charge in [0.25, 0.3) is 0 Å². The fraction of sp³-hybridized carbons (Fsp3) is 0.292. The van der Waals surface area contributed by atoms with Crippen LogP contribution in [0.2, 0.25) is 0 Å². The number of ether oxygens (including phenoxy) is 1. The molecular weight excluding hydrogens is 410 g/mol. The molecule has 0 aliphatic rings. The molecule has 0 saturated heterocycles. The Kier molecular flexibility index (Phi) is 7.07. The molecule has 6 nitrogen and oxygen atoms in total. The van der Waals surface area contributed by atoms with Gasteiger partial charge in [0.15, 0.2) is 0 Å². The number of rotatable bonds is 9. The van der Waals surface area contributed by atoms with E-state index in [4.69, 9.17) is 10.5 Å². The van der Waals surface area contributed by atoms with Gasteiger partial charge in [-0.15, -0.1) is 17.9 Å². The molecule has 0 bridgehead atoms. The van der Waals surface area contributed by atoms with E-state index in [1.54, 1.807) is 26.2 Å². The number of benzene rings is 1. The van der Waals surface area contributed by atoms with Gasteiger partial charge in [0.1, 0.15) is 5.60 Å². The van der Waals surface area contributed by atoms with E-state index in [9.17, 15) is 9.59 Å². The molecule has 1 atom stereocenters. The molecule has 0 aliphatic carbocycles. The van der Waals surface area contributed by atoms with Gasteiger partial charge in [0, 0.05) is 12.4 Å². The summed E-state index contributed by atoms with van der Waals surface area (Å²) in [6.45, 7) is 7.35. The number of fused-ring (bicyclic) bond motifs is 1. The second-order valence-corrected chi connectivity index (χ2v) is 9.10. The lowest BCUT2D eigenvalue weighted by Crippen LogP contribution is -2.32. The second-order valence-electron chi connectivity index (χ2n) is 8.02. The highest BCUT2D eigenvalue weighted by molar-refractivity contribution is 7.22. The monoisotopic (exact) mass is 437 g/mol. The first kappa shape index (κ1) is 22.5. The van der Waals surface area contributed by atoms with Gasteiger partial charge < -0.3 is 15.8 Å². The third kappa shape index (κ3) is 6.15. The van der Waals surface area contributed by atoms with Crippen LogP contribution in [0, 0.1) is 0 Å². The Bertz CT molecular complexity index is 1040. The van der Waals surface area contributed by atoms with Crippen molar-refractivity contribution in [3.63, 3.8) is 0 Å². The lowest BCUT2D eigenvalue weighted by molar-refractivity contribution is -0.117. The van der Waals surface area contributed by atoms with Crippen LogP contribution >= 0.6 is 11.3 Å². The summed E-state index contributed by atoms with van der Waals surface area (Å²) in [4.78, 5) is 28.6. The molecule has 2 aromatic heterocycles. The third-order valence-corrected chi connectivity index (χ3v) is 6.06. The first-order valence-electron chi connectivity index (χ1n) is 10.1. The number of thiophene rings is 1. The van der Waals surface area contributed by atoms with E-state index in [-0.39, 0.29) is 5.91 Å². The van der Waals surface area contributed by atoms with E-state index >= 15 is 0 Å². The highest BCUT2D eigenvalue weighted by Crippen LogP contribution is 2.32. The fourth-order valence-corrected chi connectivity index (χ4v) is 4.40. The van der Waals surface area contributed by atoms with Crippen LogP contribution in [0.25, 0.3) is 10.1 Å². The number of amides is 2. The van der Waals surface area contributed by atoms with Gasteiger partial charge in [0.05, 0.1) is 15.6 Å². The summed E-state index contributed by atoms with van der Waals surface area (Å²) in [5.74, 6) is -0.511. The molecule has 31 heavy (non-hydrogen) atoms. The summed E-state index contributed by atoms with van der Waals surface area (Å²) in [5.41, 5.74) is 6.46. The number of nitrogens with zero attached hydrogens (tertiary/aromatic N) is 1. The molecule has 3 N–H and O–H groups in total. The van der Waals surface area contributed by atoms with Gasteiger partial charge in [-0.2, -0.15) is 0 Å². The van der Waals surface area contributed by atoms with Gasteiger partial charge in [-0.1, -0.05) is 30.3 Å². The van der Waals surface area contributed by atoms with Crippen molar-refractivity contribution < 1.29 is 14.3 Å². The quantitative estimate of drug-likeness (QED) is 0.438. The Labute approximate surface area is 186 Å². The van der Waals surface area contributed by atoms with E-state index < -0.39 is 17.6 Å². The van der Waals surface area contributed by atoms with E-state index in [0.717, 1.165) is 32.6 Å². The van der Waals surface area contributed by atoms with Crippen molar-refractivity contribution in [1.82, 2.24) is 4.98 Å². The van der Waals surface area contributed by atoms with Crippen LogP contribution in [0.4, 0.5) is 9.80 Å². The number of carbonyl (C=O) groups is 2. The lowest BCUT2D eigenvalue weighted by Gasteiger charge is -2.26. The maximum atomic E-state index is 13.3. The van der Waals surface area contributed by atoms with Crippen molar-refractivity contribution in [2.24, 2.45) is 5.73 Å². The minimum atomic E-state index is -0.821. The summed E-state index contributed by atoms with van der Waals surface area (Å²) in [6, 6.07) is 11.8. The molecule has 2 heterocycles. The average molecular weight is 438 g/mol. The Morgan fingerprint density at radius 3 is 2.68 bits per heavy atom. The van der Waals surface area contributed by atoms with Crippen LogP contribution in [0.1, 0.15) is 43.7 Å². The molecule has 1 unspecified atom stereocenters. The molecule has 0 saturated carbocycles. The third-order valence-electron chi connectivity index (χ3n) is 5.06. The van der Waals surface area contributed by atoms with Crippen LogP contribution in [0.15, 0.2) is 61.4 Å². The van der Waals surface area contributed by atoms with Crippen LogP contribution in [0.5, 0.6) is 0 Å². The number of allylic oxidation sites excluding steroid dienone is 1. The molecule has 0 spiro atoms. The number of carbonyl (C=O) groups excluding carboxylic acids is 2. The highest BCUT2D eigenvalue weighted by Gasteiger charge is 2.28. The molecule has 3 aromatic rings. The molecule has 2 amide bonds. The SMILES string of the molecule is C=CCc1ccc(C(CCC(C)(C)OC(N)=O)C(=O)Nc2cc3ccncc3s2)cc1. The van der Waals surface area contributed by atoms with Crippen LogP contribution < -0.4 is 11.1 Å². The summed E-state index contributed by atoms with van der Waals surface area (Å²) >= 11 is 1.49. The van der Waals surface area contributed by atoms with Gasteiger partial charge in [-0.3, -0.25) is 9.78 Å². The van der Waals surface area contributed by atoms with Gasteiger partial charge in [-0.05, 0) is 61.8 Å². The summed E-state index contributed by atoms with van der Waals surface area (Å²) < 4.78 is 6.22. The predicted octanol–water partition coefficient (Wildman–Crippen LogP) is 5.40. The smallest absolute Gasteiger partial charge is 0.405 e. The van der Waals surface area contributed by atoms with Crippen molar-refractivity contribution in [3.8, 4) is 0 Å². The molecule has 1 aromatic carbocycles. The Morgan fingerprint density at radius 1 is 1.29 bits per heavy atom. The topological polar surface area (TPSA) is 94.3 Å². The van der Waals surface area contributed by atoms with Crippen molar-refractivity contribution in [3.05, 3.63) is 72.6 Å². The van der Waals surface area contributed by atoms with Gasteiger partial charge in [-0.25, -0.2) is 4.79 Å². The minimum absolute atomic E-state index is 0.106. The summed E-state index contributed by atoms with van der Waals surface area (Å²) in [7, 11) is 0. The average Bonchev–Trinajstić information content (AvgIpc) is 3.10. The van der Waals surface area contributed by atoms with Gasteiger partial charge in [0.2, 0.25) is 5.91 Å². The van der Waals surface area contributed by atoms with Crippen molar-refractivity contribution in [2.45, 2.75) is 44.6 Å². The number of hydrogen-bond acceptors (Lipinski definition) is 5. The molecule has 0 radical (unpaired) electrons.